The zero-order chi connectivity index (χ0) is 14.8. The predicted octanol–water partition coefficient (Wildman–Crippen LogP) is 4.16. The number of pyridine rings is 1. The number of ether oxygens (including phenoxy) is 1. The number of hydrogen-bond donors (Lipinski definition) is 0. The van der Waals surface area contributed by atoms with Crippen molar-refractivity contribution < 1.29 is 4.74 Å². The van der Waals surface area contributed by atoms with Crippen LogP contribution in [0.15, 0.2) is 24.3 Å². The fourth-order valence-corrected chi connectivity index (χ4v) is 3.13. The smallest absolute Gasteiger partial charge is 0.147 e. The van der Waals surface area contributed by atoms with E-state index < -0.39 is 0 Å². The van der Waals surface area contributed by atoms with Crippen molar-refractivity contribution in [1.29, 1.82) is 5.26 Å². The Morgan fingerprint density at radius 3 is 2.43 bits per heavy atom. The van der Waals surface area contributed by atoms with Gasteiger partial charge in [-0.15, -0.1) is 0 Å². The molecule has 4 heteroatoms. The molecule has 1 aliphatic carbocycles. The molecule has 1 heterocycles. The number of fused-ring (bicyclic) bond motifs is 1. The minimum absolute atomic E-state index is 0.309. The number of nitriles is 1. The molecule has 0 saturated carbocycles. The molecule has 1 aromatic carbocycles. The van der Waals surface area contributed by atoms with E-state index >= 15 is 0 Å². The van der Waals surface area contributed by atoms with Gasteiger partial charge in [0.25, 0.3) is 0 Å². The van der Waals surface area contributed by atoms with Crippen molar-refractivity contribution in [2.75, 3.05) is 7.11 Å². The van der Waals surface area contributed by atoms with Gasteiger partial charge in [0.2, 0.25) is 0 Å². The van der Waals surface area contributed by atoms with Crippen LogP contribution in [0, 0.1) is 11.3 Å². The summed E-state index contributed by atoms with van der Waals surface area (Å²) in [4.78, 5) is 4.49. The molecular weight excluding hydrogens is 284 g/mol. The van der Waals surface area contributed by atoms with Gasteiger partial charge in [0.15, 0.2) is 0 Å². The number of nitrogens with zero attached hydrogens (tertiary/aromatic N) is 2. The third-order valence-corrected chi connectivity index (χ3v) is 4.22. The molecule has 0 N–H and O–H groups in total. The summed E-state index contributed by atoms with van der Waals surface area (Å²) in [5.74, 6) is 0.812. The van der Waals surface area contributed by atoms with E-state index in [2.05, 4.69) is 11.1 Å². The summed E-state index contributed by atoms with van der Waals surface area (Å²) in [6.07, 6.45) is 4.09. The molecule has 0 aliphatic heterocycles. The van der Waals surface area contributed by atoms with Gasteiger partial charge in [-0.25, -0.2) is 4.98 Å². The van der Waals surface area contributed by atoms with Crippen molar-refractivity contribution in [3.05, 3.63) is 46.1 Å². The van der Waals surface area contributed by atoms with E-state index in [0.717, 1.165) is 48.3 Å². The van der Waals surface area contributed by atoms with Crippen molar-refractivity contribution >= 4 is 11.6 Å². The third kappa shape index (κ3) is 2.48. The first-order valence-electron chi connectivity index (χ1n) is 7.00. The van der Waals surface area contributed by atoms with Gasteiger partial charge in [-0.1, -0.05) is 11.6 Å². The lowest BCUT2D eigenvalue weighted by Crippen LogP contribution is -2.09. The highest BCUT2D eigenvalue weighted by molar-refractivity contribution is 6.30. The third-order valence-electron chi connectivity index (χ3n) is 3.95. The molecule has 0 amide bonds. The highest BCUT2D eigenvalue weighted by Crippen LogP contribution is 2.35. The van der Waals surface area contributed by atoms with Crippen LogP contribution in [0.25, 0.3) is 11.3 Å². The summed E-state index contributed by atoms with van der Waals surface area (Å²) in [6.45, 7) is 0. The van der Waals surface area contributed by atoms with Crippen LogP contribution in [0.2, 0.25) is 5.15 Å². The first kappa shape index (κ1) is 13.9. The number of methoxy groups -OCH3 is 1. The number of hydrogen-bond acceptors (Lipinski definition) is 3. The topological polar surface area (TPSA) is 45.9 Å². The Kier molecular flexibility index (Phi) is 3.81. The Hall–Kier alpha value is -2.05. The van der Waals surface area contributed by atoms with E-state index in [1.807, 2.05) is 24.3 Å². The summed E-state index contributed by atoms with van der Waals surface area (Å²) in [5, 5.41) is 9.62. The summed E-state index contributed by atoms with van der Waals surface area (Å²) in [6, 6.07) is 10.0. The molecule has 106 valence electrons. The first-order valence-corrected chi connectivity index (χ1v) is 7.38. The second-order valence-corrected chi connectivity index (χ2v) is 5.49. The average Bonchev–Trinajstić information content (AvgIpc) is 2.54. The van der Waals surface area contributed by atoms with Crippen LogP contribution >= 0.6 is 11.6 Å². The van der Waals surface area contributed by atoms with Crippen molar-refractivity contribution in [2.45, 2.75) is 25.7 Å². The van der Waals surface area contributed by atoms with Crippen molar-refractivity contribution in [3.8, 4) is 23.1 Å². The fraction of sp³-hybridized carbons (Fsp3) is 0.294. The number of halogens is 1. The Bertz CT molecular complexity index is 717. The zero-order valence-corrected chi connectivity index (χ0v) is 12.6. The summed E-state index contributed by atoms with van der Waals surface area (Å²) < 4.78 is 5.19. The van der Waals surface area contributed by atoms with Gasteiger partial charge in [0.1, 0.15) is 17.0 Å². The second kappa shape index (κ2) is 5.75. The molecule has 0 atom stereocenters. The van der Waals surface area contributed by atoms with Gasteiger partial charge < -0.3 is 4.74 Å². The molecule has 0 bridgehead atoms. The zero-order valence-electron chi connectivity index (χ0n) is 11.8. The van der Waals surface area contributed by atoms with Gasteiger partial charge in [-0.3, -0.25) is 0 Å². The summed E-state index contributed by atoms with van der Waals surface area (Å²) in [5.41, 5.74) is 4.71. The van der Waals surface area contributed by atoms with Crippen LogP contribution in [0.1, 0.15) is 29.5 Å². The van der Waals surface area contributed by atoms with Crippen LogP contribution in [0.5, 0.6) is 5.75 Å². The van der Waals surface area contributed by atoms with E-state index in [0.29, 0.717) is 10.7 Å². The maximum atomic E-state index is 9.31. The molecule has 3 rings (SSSR count). The van der Waals surface area contributed by atoms with E-state index in [-0.39, 0.29) is 0 Å². The van der Waals surface area contributed by atoms with Crippen LogP contribution in [-0.2, 0) is 12.8 Å². The summed E-state index contributed by atoms with van der Waals surface area (Å²) >= 11 is 6.22. The van der Waals surface area contributed by atoms with Crippen LogP contribution < -0.4 is 4.74 Å². The lowest BCUT2D eigenvalue weighted by atomic mass is 9.86. The predicted molar refractivity (Wildman–Crippen MR) is 82.6 cm³/mol. The molecule has 1 aliphatic rings. The largest absolute Gasteiger partial charge is 0.497 e. The van der Waals surface area contributed by atoms with Crippen molar-refractivity contribution in [1.82, 2.24) is 4.98 Å². The van der Waals surface area contributed by atoms with Gasteiger partial charge in [0, 0.05) is 5.56 Å². The first-order chi connectivity index (χ1) is 10.2. The average molecular weight is 299 g/mol. The van der Waals surface area contributed by atoms with Gasteiger partial charge in [0.05, 0.1) is 18.4 Å². The molecule has 0 radical (unpaired) electrons. The molecule has 3 nitrogen and oxygen atoms in total. The number of aromatic nitrogens is 1. The van der Waals surface area contributed by atoms with E-state index in [1.54, 1.807) is 7.11 Å². The van der Waals surface area contributed by atoms with Crippen molar-refractivity contribution in [2.24, 2.45) is 0 Å². The quantitative estimate of drug-likeness (QED) is 0.782. The van der Waals surface area contributed by atoms with Crippen LogP contribution in [0.4, 0.5) is 0 Å². The van der Waals surface area contributed by atoms with Gasteiger partial charge in [-0.2, -0.15) is 5.26 Å². The van der Waals surface area contributed by atoms with Crippen LogP contribution in [0.3, 0.4) is 0 Å². The van der Waals surface area contributed by atoms with E-state index in [1.165, 1.54) is 5.56 Å². The van der Waals surface area contributed by atoms with Crippen molar-refractivity contribution in [3.63, 3.8) is 0 Å². The molecule has 2 aromatic rings. The minimum Gasteiger partial charge on any atom is -0.497 e. The molecule has 1 aromatic heterocycles. The lowest BCUT2D eigenvalue weighted by Gasteiger charge is -2.21. The normalized spacial score (nSPS) is 13.4. The molecule has 21 heavy (non-hydrogen) atoms. The lowest BCUT2D eigenvalue weighted by molar-refractivity contribution is 0.415. The molecular formula is C17H15ClN2O. The molecule has 0 unspecified atom stereocenters. The van der Waals surface area contributed by atoms with Gasteiger partial charge >= 0.3 is 0 Å². The Morgan fingerprint density at radius 2 is 1.81 bits per heavy atom. The second-order valence-electron chi connectivity index (χ2n) is 5.13. The number of benzene rings is 1. The monoisotopic (exact) mass is 298 g/mol. The fourth-order valence-electron chi connectivity index (χ4n) is 2.89. The SMILES string of the molecule is COc1ccc(-c2nc(Cl)c(C#N)c3c2CCCC3)cc1. The Labute approximate surface area is 129 Å². The van der Waals surface area contributed by atoms with Gasteiger partial charge in [-0.05, 0) is 61.1 Å². The number of rotatable bonds is 2. The van der Waals surface area contributed by atoms with E-state index in [4.69, 9.17) is 16.3 Å². The van der Waals surface area contributed by atoms with E-state index in [9.17, 15) is 5.26 Å². The highest BCUT2D eigenvalue weighted by atomic mass is 35.5. The Morgan fingerprint density at radius 1 is 1.14 bits per heavy atom. The standard InChI is InChI=1S/C17H15ClN2O/c1-21-12-8-6-11(7-9-12)16-14-5-3-2-4-13(14)15(10-19)17(18)20-16/h6-9H,2-5H2,1H3. The maximum absolute atomic E-state index is 9.31. The minimum atomic E-state index is 0.309. The highest BCUT2D eigenvalue weighted by Gasteiger charge is 2.22. The maximum Gasteiger partial charge on any atom is 0.147 e. The molecule has 0 saturated heterocycles. The van der Waals surface area contributed by atoms with Crippen LogP contribution in [-0.4, -0.2) is 12.1 Å². The summed E-state index contributed by atoms with van der Waals surface area (Å²) in [7, 11) is 1.65. The molecule has 0 fully saturated rings. The molecule has 0 spiro atoms. The Balaban J connectivity index is 2.18.